The minimum absolute atomic E-state index is 0.0429. The average Bonchev–Trinajstić information content (AvgIpc) is 3.04. The van der Waals surface area contributed by atoms with Crippen molar-refractivity contribution >= 4 is 50.7 Å². The number of carbonyl (C=O) groups is 2. The van der Waals surface area contributed by atoms with Crippen LogP contribution in [0.3, 0.4) is 0 Å². The third-order valence-electron chi connectivity index (χ3n) is 8.19. The van der Waals surface area contributed by atoms with Gasteiger partial charge in [-0.05, 0) is 79.8 Å². The molecule has 0 aliphatic carbocycles. The number of rotatable bonds is 14. The van der Waals surface area contributed by atoms with Gasteiger partial charge in [-0.15, -0.1) is 0 Å². The van der Waals surface area contributed by atoms with E-state index in [2.05, 4.69) is 5.32 Å². The lowest BCUT2D eigenvalue weighted by molar-refractivity contribution is -0.140. The Balaban J connectivity index is 1.84. The van der Waals surface area contributed by atoms with E-state index in [1.807, 2.05) is 64.1 Å². The largest absolute Gasteiger partial charge is 0.354 e. The molecule has 1 atom stereocenters. The molecule has 4 aromatic carbocycles. The van der Waals surface area contributed by atoms with Crippen molar-refractivity contribution in [3.63, 3.8) is 0 Å². The fourth-order valence-corrected chi connectivity index (χ4v) is 7.19. The van der Waals surface area contributed by atoms with Gasteiger partial charge in [-0.25, -0.2) is 8.42 Å². The molecular formula is C37H41Cl2N3O4S. The van der Waals surface area contributed by atoms with Crippen molar-refractivity contribution in [2.75, 3.05) is 17.4 Å². The topological polar surface area (TPSA) is 86.8 Å². The Morgan fingerprint density at radius 2 is 1.57 bits per heavy atom. The predicted molar refractivity (Wildman–Crippen MR) is 190 cm³/mol. The van der Waals surface area contributed by atoms with Gasteiger partial charge < -0.3 is 10.2 Å². The lowest BCUT2D eigenvalue weighted by Gasteiger charge is -2.34. The Hall–Kier alpha value is -3.85. The first kappa shape index (κ1) is 36.0. The van der Waals surface area contributed by atoms with Crippen LogP contribution in [0, 0.1) is 20.8 Å². The van der Waals surface area contributed by atoms with Gasteiger partial charge in [0.05, 0.1) is 10.6 Å². The first-order chi connectivity index (χ1) is 22.4. The number of nitrogens with one attached hydrogen (secondary N) is 1. The maximum absolute atomic E-state index is 14.7. The van der Waals surface area contributed by atoms with Crippen LogP contribution in [-0.2, 0) is 32.6 Å². The van der Waals surface area contributed by atoms with Crippen LogP contribution in [0.15, 0.2) is 95.9 Å². The van der Waals surface area contributed by atoms with Gasteiger partial charge in [-0.1, -0.05) is 103 Å². The van der Waals surface area contributed by atoms with Crippen LogP contribution in [0.1, 0.15) is 47.6 Å². The monoisotopic (exact) mass is 693 g/mol. The van der Waals surface area contributed by atoms with Crippen LogP contribution in [-0.4, -0.2) is 44.3 Å². The third kappa shape index (κ3) is 9.15. The van der Waals surface area contributed by atoms with Crippen molar-refractivity contribution in [1.29, 1.82) is 0 Å². The quantitative estimate of drug-likeness (QED) is 0.137. The second kappa shape index (κ2) is 16.3. The second-order valence-electron chi connectivity index (χ2n) is 11.7. The lowest BCUT2D eigenvalue weighted by atomic mass is 10.0. The van der Waals surface area contributed by atoms with Crippen LogP contribution in [0.2, 0.25) is 10.0 Å². The number of unbranched alkanes of at least 4 members (excludes halogenated alkanes) is 1. The van der Waals surface area contributed by atoms with Crippen molar-refractivity contribution in [2.45, 2.75) is 64.4 Å². The molecule has 0 aliphatic rings. The zero-order chi connectivity index (χ0) is 34.1. The number of hydrogen-bond donors (Lipinski definition) is 1. The Kier molecular flexibility index (Phi) is 12.5. The maximum Gasteiger partial charge on any atom is 0.264 e. The van der Waals surface area contributed by atoms with Gasteiger partial charge >= 0.3 is 0 Å². The molecule has 7 nitrogen and oxygen atoms in total. The number of aryl methyl sites for hydroxylation is 2. The minimum Gasteiger partial charge on any atom is -0.354 e. The van der Waals surface area contributed by atoms with Crippen LogP contribution in [0.4, 0.5) is 5.69 Å². The van der Waals surface area contributed by atoms with Gasteiger partial charge in [0, 0.05) is 29.6 Å². The molecule has 0 aromatic heterocycles. The van der Waals surface area contributed by atoms with E-state index in [4.69, 9.17) is 23.2 Å². The minimum atomic E-state index is -4.21. The fourth-order valence-electron chi connectivity index (χ4n) is 5.25. The summed E-state index contributed by atoms with van der Waals surface area (Å²) in [5.41, 5.74) is 4.31. The molecule has 2 amide bonds. The number of sulfonamides is 1. The van der Waals surface area contributed by atoms with Gasteiger partial charge in [0.2, 0.25) is 11.8 Å². The summed E-state index contributed by atoms with van der Waals surface area (Å²) in [5, 5.41) is 3.76. The van der Waals surface area contributed by atoms with Gasteiger partial charge in [-0.2, -0.15) is 0 Å². The van der Waals surface area contributed by atoms with E-state index in [1.165, 1.54) is 17.0 Å². The normalized spacial score (nSPS) is 12.0. The molecule has 47 heavy (non-hydrogen) atoms. The summed E-state index contributed by atoms with van der Waals surface area (Å²) in [6, 6.07) is 25.3. The van der Waals surface area contributed by atoms with Crippen LogP contribution in [0.25, 0.3) is 0 Å². The molecule has 1 unspecified atom stereocenters. The van der Waals surface area contributed by atoms with Crippen molar-refractivity contribution in [1.82, 2.24) is 10.2 Å². The first-order valence-electron chi connectivity index (χ1n) is 15.6. The van der Waals surface area contributed by atoms with Gasteiger partial charge in [0.1, 0.15) is 12.6 Å². The Morgan fingerprint density at radius 3 is 2.23 bits per heavy atom. The third-order valence-corrected chi connectivity index (χ3v) is 10.5. The van der Waals surface area contributed by atoms with Gasteiger partial charge in [0.25, 0.3) is 10.0 Å². The van der Waals surface area contributed by atoms with Crippen LogP contribution < -0.4 is 9.62 Å². The van der Waals surface area contributed by atoms with Crippen LogP contribution >= 0.6 is 23.2 Å². The number of nitrogens with zero attached hydrogens (tertiary/aromatic N) is 2. The van der Waals surface area contributed by atoms with Crippen molar-refractivity contribution in [3.8, 4) is 0 Å². The Labute approximate surface area is 288 Å². The number of anilines is 1. The molecule has 0 radical (unpaired) electrons. The van der Waals surface area contributed by atoms with E-state index in [1.54, 1.807) is 42.5 Å². The molecule has 0 saturated heterocycles. The SMILES string of the molecule is CCCCNC(=O)C(Cc1ccccc1)N(Cc1ccc(Cl)cc1Cl)C(=O)CN(c1cccc(C)c1C)S(=O)(=O)c1ccc(C)cc1. The fraction of sp³-hybridized carbons (Fsp3) is 0.297. The van der Waals surface area contributed by atoms with E-state index in [9.17, 15) is 18.0 Å². The molecule has 4 aromatic rings. The summed E-state index contributed by atoms with van der Waals surface area (Å²) in [5.74, 6) is -0.889. The van der Waals surface area contributed by atoms with Crippen molar-refractivity contribution < 1.29 is 18.0 Å². The molecular weight excluding hydrogens is 653 g/mol. The van der Waals surface area contributed by atoms with E-state index < -0.39 is 28.5 Å². The predicted octanol–water partition coefficient (Wildman–Crippen LogP) is 7.67. The maximum atomic E-state index is 14.7. The summed E-state index contributed by atoms with van der Waals surface area (Å²) < 4.78 is 29.8. The highest BCUT2D eigenvalue weighted by Crippen LogP contribution is 2.30. The summed E-state index contributed by atoms with van der Waals surface area (Å²) in [6.45, 7) is 7.49. The highest BCUT2D eigenvalue weighted by atomic mass is 35.5. The van der Waals surface area contributed by atoms with Crippen LogP contribution in [0.5, 0.6) is 0 Å². The molecule has 0 spiro atoms. The first-order valence-corrected chi connectivity index (χ1v) is 17.8. The zero-order valence-electron chi connectivity index (χ0n) is 27.2. The van der Waals surface area contributed by atoms with E-state index >= 15 is 0 Å². The Morgan fingerprint density at radius 1 is 0.872 bits per heavy atom. The van der Waals surface area contributed by atoms with Gasteiger partial charge in [-0.3, -0.25) is 13.9 Å². The zero-order valence-corrected chi connectivity index (χ0v) is 29.5. The molecule has 248 valence electrons. The van der Waals surface area contributed by atoms with E-state index in [0.29, 0.717) is 27.8 Å². The smallest absolute Gasteiger partial charge is 0.264 e. The van der Waals surface area contributed by atoms with Crippen molar-refractivity contribution in [2.24, 2.45) is 0 Å². The summed E-state index contributed by atoms with van der Waals surface area (Å²) in [4.78, 5) is 30.1. The molecule has 10 heteroatoms. The van der Waals surface area contributed by atoms with E-state index in [0.717, 1.165) is 39.4 Å². The second-order valence-corrected chi connectivity index (χ2v) is 14.4. The number of carbonyl (C=O) groups excluding carboxylic acids is 2. The number of amides is 2. The highest BCUT2D eigenvalue weighted by molar-refractivity contribution is 7.92. The molecule has 0 heterocycles. The van der Waals surface area contributed by atoms with Gasteiger partial charge in [0.15, 0.2) is 0 Å². The highest BCUT2D eigenvalue weighted by Gasteiger charge is 2.35. The molecule has 0 fully saturated rings. The Bertz CT molecular complexity index is 1800. The molecule has 0 aliphatic heterocycles. The number of benzene rings is 4. The summed E-state index contributed by atoms with van der Waals surface area (Å²) in [6.07, 6.45) is 1.87. The molecule has 1 N–H and O–H groups in total. The average molecular weight is 695 g/mol. The standard InChI is InChI=1S/C37H41Cl2N3O4S/c1-5-6-21-40-37(44)35(22-29-12-8-7-9-13-29)41(24-30-17-18-31(38)23-33(30)39)36(43)25-42(34-14-10-11-27(3)28(34)4)47(45,46)32-19-15-26(2)16-20-32/h7-20,23,35H,5-6,21-22,24-25H2,1-4H3,(H,40,44). The lowest BCUT2D eigenvalue weighted by Crippen LogP contribution is -2.53. The summed E-state index contributed by atoms with van der Waals surface area (Å²) >= 11 is 12.8. The van der Waals surface area contributed by atoms with Crippen molar-refractivity contribution in [3.05, 3.63) is 129 Å². The summed E-state index contributed by atoms with van der Waals surface area (Å²) in [7, 11) is -4.21. The number of halogens is 2. The number of hydrogen-bond acceptors (Lipinski definition) is 4. The molecule has 0 bridgehead atoms. The molecule has 0 saturated carbocycles. The van der Waals surface area contributed by atoms with E-state index in [-0.39, 0.29) is 23.8 Å². The molecule has 4 rings (SSSR count).